The van der Waals surface area contributed by atoms with Crippen LogP contribution in [0, 0.1) is 35.5 Å². The Kier molecular flexibility index (Phi) is 45.1. The molecule has 43 heteroatoms. The third-order valence-electron chi connectivity index (χ3n) is 29.1. The second kappa shape index (κ2) is 56.0. The van der Waals surface area contributed by atoms with Crippen molar-refractivity contribution in [3.8, 4) is 0 Å². The van der Waals surface area contributed by atoms with Gasteiger partial charge in [0, 0.05) is 50.9 Å². The van der Waals surface area contributed by atoms with Gasteiger partial charge in [-0.2, -0.15) is 0 Å². The Morgan fingerprint density at radius 3 is 1.15 bits per heavy atom. The number of aliphatic hydroxyl groups is 10. The van der Waals surface area contributed by atoms with Crippen LogP contribution in [0.25, 0.3) is 0 Å². The standard InChI is InChI=1S/C94H158N12O31/c1-5-59-43-61(65(109)25-19-27-95)45-67(85(59)136-93-83(119)81(117)77(113)55(3)128-93)132-91-75(87(79(115)71(51-107)134-91)130-69(41-57-21-11-7-12-22-57)89(121)103-29-15-9-16-30-103)97-73(111)49-105-47-63(99-101-105)53-126-39-37-124-35-33-123-34-36-125-38-40-127-54-64-48-106(102-100-64)50-74(112)98-76-88(131-70(42-58-23-13-8-14-24-58)90(122)104-31-17-10-18-32-104)80(116)72(52-108)135-92(76)133-68-46-62(66(110)26-20-28-96)44-60(6-2)86(68)137-94-84(120)82(118)78(114)56(4)129-94/h47-48,55-62,67-72,75-88,91-94,107-108,113-120H,5-46,49-54,95-96H2,1-4H3,(H,97,111)(H,98,112)/t55?,56?,59?,60?,61?,62?,67-,68-,69+,70+,71+,72+,75?,76?,77-,78-,79+,80+,81+,82+,83?,84?,85-,86-,87?,88?,91-,92-,93+,94+/m1/s1. The molecule has 8 heterocycles. The Bertz CT molecular complexity index is 3660. The summed E-state index contributed by atoms with van der Waals surface area (Å²) in [5.41, 5.74) is 12.5. The van der Waals surface area contributed by atoms with E-state index in [2.05, 4.69) is 31.3 Å². The van der Waals surface area contributed by atoms with E-state index in [9.17, 15) is 79.8 Å². The van der Waals surface area contributed by atoms with Crippen LogP contribution in [0.15, 0.2) is 12.4 Å². The molecule has 0 aromatic carbocycles. The summed E-state index contributed by atoms with van der Waals surface area (Å²) in [5, 5.41) is 135. The van der Waals surface area contributed by atoms with E-state index in [1.165, 1.54) is 35.6 Å². The van der Waals surface area contributed by atoms with Gasteiger partial charge in [-0.3, -0.25) is 28.8 Å². The second-order valence-corrected chi connectivity index (χ2v) is 39.1. The summed E-state index contributed by atoms with van der Waals surface area (Å²) in [4.78, 5) is 90.5. The van der Waals surface area contributed by atoms with Crippen LogP contribution >= 0.6 is 0 Å². The van der Waals surface area contributed by atoms with Crippen molar-refractivity contribution < 1.29 is 151 Å². The monoisotopic (exact) mass is 1950 g/mol. The highest BCUT2D eigenvalue weighted by Gasteiger charge is 2.57. The molecule has 4 amide bonds. The molecule has 16 N–H and O–H groups in total. The molecule has 0 bridgehead atoms. The maximum Gasteiger partial charge on any atom is 0.251 e. The Labute approximate surface area is 802 Å². The number of nitrogens with zero attached hydrogens (tertiary/aromatic N) is 8. The van der Waals surface area contributed by atoms with Crippen molar-refractivity contribution in [1.29, 1.82) is 0 Å². The minimum Gasteiger partial charge on any atom is -0.394 e. The van der Waals surface area contributed by atoms with Crippen LogP contribution in [0.3, 0.4) is 0 Å². The first kappa shape index (κ1) is 110. The first-order valence-electron chi connectivity index (χ1n) is 50.8. The molecule has 780 valence electrons. The zero-order valence-corrected chi connectivity index (χ0v) is 80.3. The van der Waals surface area contributed by atoms with Gasteiger partial charge < -0.3 is 154 Å². The van der Waals surface area contributed by atoms with E-state index >= 15 is 0 Å². The summed E-state index contributed by atoms with van der Waals surface area (Å²) in [6.07, 6.45) is -10.8. The van der Waals surface area contributed by atoms with Crippen LogP contribution in [0.1, 0.15) is 219 Å². The molecule has 10 aliphatic rings. The van der Waals surface area contributed by atoms with E-state index < -0.39 is 221 Å². The van der Waals surface area contributed by atoms with Gasteiger partial charge in [0.2, 0.25) is 11.8 Å². The lowest BCUT2D eigenvalue weighted by atomic mass is 9.74. The summed E-state index contributed by atoms with van der Waals surface area (Å²) >= 11 is 0. The summed E-state index contributed by atoms with van der Waals surface area (Å²) in [6, 6.07) is -2.79. The van der Waals surface area contributed by atoms with Crippen LogP contribution in [0.5, 0.6) is 0 Å². The van der Waals surface area contributed by atoms with Crippen molar-refractivity contribution in [2.75, 3.05) is 105 Å². The predicted molar refractivity (Wildman–Crippen MR) is 484 cm³/mol. The number of rotatable bonds is 52. The van der Waals surface area contributed by atoms with Gasteiger partial charge in [-0.05, 0) is 141 Å². The van der Waals surface area contributed by atoms with Gasteiger partial charge in [-0.15, -0.1) is 10.2 Å². The number of ether oxygens (including phenoxy) is 15. The average Bonchev–Trinajstić information content (AvgIpc) is 1.11. The highest BCUT2D eigenvalue weighted by Crippen LogP contribution is 2.45. The molecule has 10 fully saturated rings. The Morgan fingerprint density at radius 2 is 0.796 bits per heavy atom. The van der Waals surface area contributed by atoms with Crippen LogP contribution < -0.4 is 22.1 Å². The van der Waals surface area contributed by atoms with Crippen LogP contribution in [-0.2, 0) is 126 Å². The third kappa shape index (κ3) is 31.2. The molecule has 6 saturated heterocycles. The SMILES string of the molecule is CCC1CC(C(=O)CCCN)C[C@@H](O[C@@H]2O[C@@H](CO)[C@H](O)C(O[C@@H](CC3CCCCC3)C(=O)N3CCCCC3)C2NC(=O)Cn2cc(COCCOCCOCCOCCOCc3cn(CC(=O)NC4C(O[C@@H](CC5CCCCC5)C(=O)N5CCCCC5)[C@@H](O)[C@H](CO)O[C@H]4O[C@@H]4CC(C(=O)CCCN)CC(CC)[C@H]4O[C@@H]4OC(C)[C@@H](O)[C@H](O)C4O)nn3)nn2)[C@@H]1O[C@@H]1OC(C)[C@@H](O)[C@H](O)C1O. The third-order valence-corrected chi connectivity index (χ3v) is 29.1. The van der Waals surface area contributed by atoms with E-state index in [0.29, 0.717) is 88.9 Å². The van der Waals surface area contributed by atoms with Crippen LogP contribution in [0.4, 0.5) is 0 Å². The molecular formula is C94H158N12O31. The van der Waals surface area contributed by atoms with Gasteiger partial charge in [-0.25, -0.2) is 9.36 Å². The lowest BCUT2D eigenvalue weighted by molar-refractivity contribution is -0.338. The Morgan fingerprint density at radius 1 is 0.438 bits per heavy atom. The molecule has 6 aliphatic heterocycles. The first-order valence-corrected chi connectivity index (χ1v) is 50.8. The zero-order valence-electron chi connectivity index (χ0n) is 80.3. The lowest BCUT2D eigenvalue weighted by Gasteiger charge is -2.49. The number of ketones is 2. The zero-order chi connectivity index (χ0) is 97.6. The van der Waals surface area contributed by atoms with Crippen molar-refractivity contribution in [2.24, 2.45) is 47.0 Å². The van der Waals surface area contributed by atoms with Crippen LogP contribution in [0.2, 0.25) is 0 Å². The molecule has 4 saturated carbocycles. The van der Waals surface area contributed by atoms with E-state index in [1.807, 2.05) is 13.8 Å². The molecule has 12 unspecified atom stereocenters. The molecule has 43 nitrogen and oxygen atoms in total. The number of nitrogens with one attached hydrogen (secondary N) is 2. The molecule has 0 radical (unpaired) electrons. The molecule has 0 spiro atoms. The maximum absolute atomic E-state index is 14.8. The number of aromatic nitrogens is 6. The quantitative estimate of drug-likeness (QED) is 0.0386. The summed E-state index contributed by atoms with van der Waals surface area (Å²) in [5.74, 6) is -3.60. The van der Waals surface area contributed by atoms with Gasteiger partial charge in [0.25, 0.3) is 11.8 Å². The molecule has 2 aromatic rings. The average molecular weight is 1950 g/mol. The number of piperidine rings is 2. The number of amides is 4. The maximum atomic E-state index is 14.8. The summed E-state index contributed by atoms with van der Waals surface area (Å²) in [6.45, 7) is 9.03. The Balaban J connectivity index is 0.613. The number of hydrogen-bond donors (Lipinski definition) is 14. The van der Waals surface area contributed by atoms with Gasteiger partial charge in [0.15, 0.2) is 25.2 Å². The molecule has 137 heavy (non-hydrogen) atoms. The Hall–Kier alpha value is -5.58. The van der Waals surface area contributed by atoms with Gasteiger partial charge in [-0.1, -0.05) is 101 Å². The minimum absolute atomic E-state index is 0.00402. The highest BCUT2D eigenvalue weighted by molar-refractivity contribution is 5.83. The van der Waals surface area contributed by atoms with Gasteiger partial charge >= 0.3 is 0 Å². The number of likely N-dealkylation sites (tertiary alicyclic amines) is 2. The largest absolute Gasteiger partial charge is 0.394 e. The van der Waals surface area contributed by atoms with E-state index in [1.54, 1.807) is 9.80 Å². The van der Waals surface area contributed by atoms with E-state index in [-0.39, 0.29) is 140 Å². The summed E-state index contributed by atoms with van der Waals surface area (Å²) in [7, 11) is 0. The fourth-order valence-electron chi connectivity index (χ4n) is 21.2. The van der Waals surface area contributed by atoms with E-state index in [4.69, 9.17) is 82.5 Å². The van der Waals surface area contributed by atoms with Gasteiger partial charge in [0.05, 0.1) is 128 Å². The topological polar surface area (TPSA) is 587 Å². The molecule has 2 aromatic heterocycles. The number of aliphatic hydroxyl groups excluding tert-OH is 10. The van der Waals surface area contributed by atoms with Crippen LogP contribution in [-0.4, -0.2) is 391 Å². The van der Waals surface area contributed by atoms with Crippen molar-refractivity contribution in [1.82, 2.24) is 50.4 Å². The number of nitrogens with two attached hydrogens (primary N) is 2. The second-order valence-electron chi connectivity index (χ2n) is 39.1. The normalized spacial score (nSPS) is 34.4. The molecular weight excluding hydrogens is 1790 g/mol. The van der Waals surface area contributed by atoms with E-state index in [0.717, 1.165) is 103 Å². The smallest absolute Gasteiger partial charge is 0.251 e. The minimum atomic E-state index is -1.69. The fourth-order valence-corrected chi connectivity index (χ4v) is 21.2. The van der Waals surface area contributed by atoms with Crippen molar-refractivity contribution >= 4 is 35.2 Å². The van der Waals surface area contributed by atoms with Crippen molar-refractivity contribution in [3.63, 3.8) is 0 Å². The number of carbonyl (C=O) groups is 6. The lowest BCUT2D eigenvalue weighted by Crippen LogP contribution is -2.68. The molecule has 12 rings (SSSR count). The number of hydrogen-bond acceptors (Lipinski definition) is 37. The van der Waals surface area contributed by atoms with Crippen molar-refractivity contribution in [2.45, 2.75) is 393 Å². The molecule has 30 atom stereocenters. The summed E-state index contributed by atoms with van der Waals surface area (Å²) < 4.78 is 97.5. The highest BCUT2D eigenvalue weighted by atomic mass is 16.7. The number of carbonyl (C=O) groups excluding carboxylic acids is 6. The van der Waals surface area contributed by atoms with Crippen molar-refractivity contribution in [3.05, 3.63) is 23.8 Å². The predicted octanol–water partition coefficient (Wildman–Crippen LogP) is -0.0638. The fraction of sp³-hybridized carbons (Fsp3) is 0.894. The first-order chi connectivity index (χ1) is 66.3. The number of Topliss-reactive ketones (excluding diaryl/α,β-unsaturated/α-hetero) is 2. The molecule has 4 aliphatic carbocycles. The van der Waals surface area contributed by atoms with Gasteiger partial charge in [0.1, 0.15) is 134 Å².